The van der Waals surface area contributed by atoms with Crippen molar-refractivity contribution in [3.05, 3.63) is 28.0 Å². The molecule has 0 amide bonds. The third kappa shape index (κ3) is 1.81. The largest absolute Gasteiger partial charge is 0.274 e. The van der Waals surface area contributed by atoms with Crippen molar-refractivity contribution in [3.63, 3.8) is 0 Å². The van der Waals surface area contributed by atoms with Crippen LogP contribution in [0.5, 0.6) is 0 Å². The normalized spacial score (nSPS) is 9.08. The number of pyridine rings is 1. The zero-order valence-electron chi connectivity index (χ0n) is 5.71. The molecule has 3 nitrogen and oxygen atoms in total. The topological polar surface area (TPSA) is 53.8 Å². The summed E-state index contributed by atoms with van der Waals surface area (Å²) in [7, 11) is 0. The Labute approximate surface area is 82.1 Å². The predicted octanol–water partition coefficient (Wildman–Crippen LogP) is 2.09. The number of hydrogen-bond donors (Lipinski definition) is 0. The van der Waals surface area contributed by atoms with Gasteiger partial charge in [-0.3, -0.25) is 4.79 Å². The van der Waals surface area contributed by atoms with Crippen LogP contribution in [-0.2, 0) is 0 Å². The molecule has 0 unspecified atom stereocenters. The van der Waals surface area contributed by atoms with Crippen LogP contribution in [0.3, 0.4) is 0 Å². The maximum absolute atomic E-state index is 10.7. The van der Waals surface area contributed by atoms with Crippen molar-refractivity contribution in [2.24, 2.45) is 0 Å². The fourth-order valence-corrected chi connectivity index (χ4v) is 1.16. The highest BCUT2D eigenvalue weighted by Crippen LogP contribution is 2.14. The summed E-state index contributed by atoms with van der Waals surface area (Å²) < 4.78 is 0.640. The number of hydrogen-bond acceptors (Lipinski definition) is 3. The molecule has 60 valence electrons. The van der Waals surface area contributed by atoms with Gasteiger partial charge >= 0.3 is 0 Å². The average molecular weight is 245 g/mol. The minimum absolute atomic E-state index is 0.0117. The zero-order chi connectivity index (χ0) is 9.14. The van der Waals surface area contributed by atoms with Gasteiger partial charge < -0.3 is 0 Å². The van der Waals surface area contributed by atoms with Crippen molar-refractivity contribution in [2.45, 2.75) is 0 Å². The van der Waals surface area contributed by atoms with Crippen LogP contribution in [-0.4, -0.2) is 10.2 Å². The number of nitriles is 1. The summed E-state index contributed by atoms with van der Waals surface area (Å²) in [6.07, 6.45) is 1.41. The monoisotopic (exact) mass is 244 g/mol. The molecule has 1 aromatic heterocycles. The Bertz CT molecular complexity index is 372. The third-order valence-corrected chi connectivity index (χ3v) is 1.77. The zero-order valence-corrected chi connectivity index (χ0v) is 8.06. The quantitative estimate of drug-likeness (QED) is 0.712. The van der Waals surface area contributed by atoms with Crippen LogP contribution in [0.1, 0.15) is 16.1 Å². The van der Waals surface area contributed by atoms with E-state index in [1.807, 2.05) is 6.07 Å². The molecule has 0 saturated carbocycles. The summed E-state index contributed by atoms with van der Waals surface area (Å²) in [4.78, 5) is 14.4. The fourth-order valence-electron chi connectivity index (χ4n) is 0.681. The van der Waals surface area contributed by atoms with Gasteiger partial charge in [-0.15, -0.1) is 0 Å². The number of aromatic nitrogens is 1. The summed E-state index contributed by atoms with van der Waals surface area (Å²) in [6, 6.07) is 3.31. The Kier molecular flexibility index (Phi) is 2.79. The van der Waals surface area contributed by atoms with Crippen LogP contribution in [0.15, 0.2) is 16.7 Å². The number of nitrogens with zero attached hydrogens (tertiary/aromatic N) is 2. The summed E-state index contributed by atoms with van der Waals surface area (Å²) in [5.74, 6) is 0. The van der Waals surface area contributed by atoms with Gasteiger partial charge in [0.2, 0.25) is 0 Å². The first-order chi connectivity index (χ1) is 5.65. The van der Waals surface area contributed by atoms with Gasteiger partial charge in [0.15, 0.2) is 0 Å². The lowest BCUT2D eigenvalue weighted by Gasteiger charge is -1.95. The van der Waals surface area contributed by atoms with Gasteiger partial charge in [0.1, 0.15) is 11.8 Å². The van der Waals surface area contributed by atoms with E-state index in [1.54, 1.807) is 0 Å². The van der Waals surface area contributed by atoms with Crippen LogP contribution in [0.2, 0.25) is 0 Å². The molecule has 12 heavy (non-hydrogen) atoms. The molecule has 1 heterocycles. The molecule has 1 rings (SSSR count). The van der Waals surface area contributed by atoms with Crippen molar-refractivity contribution in [1.82, 2.24) is 4.98 Å². The highest BCUT2D eigenvalue weighted by Gasteiger charge is 2.10. The first-order valence-corrected chi connectivity index (χ1v) is 4.07. The van der Waals surface area contributed by atoms with E-state index < -0.39 is 5.24 Å². The minimum Gasteiger partial charge on any atom is -0.274 e. The summed E-state index contributed by atoms with van der Waals surface area (Å²) in [6.45, 7) is 0. The van der Waals surface area contributed by atoms with E-state index in [0.29, 0.717) is 4.47 Å². The number of halogens is 2. The summed E-state index contributed by atoms with van der Waals surface area (Å²) in [5.41, 5.74) is 0.159. The minimum atomic E-state index is -0.723. The lowest BCUT2D eigenvalue weighted by molar-refractivity contribution is 0.107. The second-order valence-corrected chi connectivity index (χ2v) is 3.19. The predicted molar refractivity (Wildman–Crippen MR) is 46.8 cm³/mol. The van der Waals surface area contributed by atoms with E-state index >= 15 is 0 Å². The van der Waals surface area contributed by atoms with Crippen molar-refractivity contribution in [1.29, 1.82) is 5.26 Å². The Balaban J connectivity index is 3.32. The Morgan fingerprint density at radius 2 is 2.42 bits per heavy atom. The molecule has 0 radical (unpaired) electrons. The van der Waals surface area contributed by atoms with Crippen molar-refractivity contribution < 1.29 is 4.79 Å². The van der Waals surface area contributed by atoms with E-state index in [9.17, 15) is 4.79 Å². The number of rotatable bonds is 1. The Morgan fingerprint density at radius 1 is 1.75 bits per heavy atom. The Morgan fingerprint density at radius 3 is 2.92 bits per heavy atom. The molecule has 0 atom stereocenters. The van der Waals surface area contributed by atoms with Gasteiger partial charge in [0.05, 0.1) is 5.56 Å². The van der Waals surface area contributed by atoms with Crippen LogP contribution >= 0.6 is 27.5 Å². The SMILES string of the molecule is N#Cc1cc(Br)cnc1C(=O)Cl. The molecule has 0 aromatic carbocycles. The second kappa shape index (κ2) is 3.65. The highest BCUT2D eigenvalue weighted by molar-refractivity contribution is 9.10. The van der Waals surface area contributed by atoms with Crippen LogP contribution in [0.25, 0.3) is 0 Å². The number of carbonyl (C=O) groups is 1. The molecular weight excluding hydrogens is 243 g/mol. The van der Waals surface area contributed by atoms with Crippen molar-refractivity contribution in [2.75, 3.05) is 0 Å². The molecule has 0 aliphatic carbocycles. The van der Waals surface area contributed by atoms with Crippen molar-refractivity contribution in [3.8, 4) is 6.07 Å². The second-order valence-electron chi connectivity index (χ2n) is 1.94. The first kappa shape index (κ1) is 9.17. The summed E-state index contributed by atoms with van der Waals surface area (Å²) >= 11 is 8.29. The maximum Gasteiger partial charge on any atom is 0.272 e. The molecular formula is C7H2BrClN2O. The van der Waals surface area contributed by atoms with Gasteiger partial charge in [0.25, 0.3) is 5.24 Å². The van der Waals surface area contributed by atoms with E-state index in [1.165, 1.54) is 12.3 Å². The number of carbonyl (C=O) groups excluding carboxylic acids is 1. The van der Waals surface area contributed by atoms with Gasteiger partial charge in [0, 0.05) is 10.7 Å². The van der Waals surface area contributed by atoms with Gasteiger partial charge in [-0.05, 0) is 33.6 Å². The van der Waals surface area contributed by atoms with Gasteiger partial charge in [-0.1, -0.05) is 0 Å². The van der Waals surface area contributed by atoms with E-state index in [2.05, 4.69) is 20.9 Å². The van der Waals surface area contributed by atoms with E-state index in [0.717, 1.165) is 0 Å². The molecule has 5 heteroatoms. The molecule has 0 aliphatic heterocycles. The van der Waals surface area contributed by atoms with E-state index in [-0.39, 0.29) is 11.3 Å². The summed E-state index contributed by atoms with van der Waals surface area (Å²) in [5, 5.41) is 7.85. The lowest BCUT2D eigenvalue weighted by atomic mass is 10.2. The van der Waals surface area contributed by atoms with Gasteiger partial charge in [-0.2, -0.15) is 5.26 Å². The molecule has 0 saturated heterocycles. The molecule has 0 spiro atoms. The van der Waals surface area contributed by atoms with Crippen LogP contribution in [0.4, 0.5) is 0 Å². The average Bonchev–Trinajstić information content (AvgIpc) is 2.03. The fraction of sp³-hybridized carbons (Fsp3) is 0. The van der Waals surface area contributed by atoms with Crippen LogP contribution < -0.4 is 0 Å². The smallest absolute Gasteiger partial charge is 0.272 e. The van der Waals surface area contributed by atoms with Crippen molar-refractivity contribution >= 4 is 32.8 Å². The van der Waals surface area contributed by atoms with E-state index in [4.69, 9.17) is 16.9 Å². The molecule has 0 aliphatic rings. The van der Waals surface area contributed by atoms with Gasteiger partial charge in [-0.25, -0.2) is 4.98 Å². The third-order valence-electron chi connectivity index (χ3n) is 1.16. The lowest BCUT2D eigenvalue weighted by Crippen LogP contribution is -1.97. The maximum atomic E-state index is 10.7. The molecule has 1 aromatic rings. The Hall–Kier alpha value is -0.920. The standard InChI is InChI=1S/C7H2BrClN2O/c8-5-1-4(2-10)6(7(9)12)11-3-5/h1,3H. The molecule has 0 N–H and O–H groups in total. The molecule has 0 fully saturated rings. The highest BCUT2D eigenvalue weighted by atomic mass is 79.9. The molecule has 0 bridgehead atoms. The van der Waals surface area contributed by atoms with Crippen LogP contribution in [0, 0.1) is 11.3 Å². The first-order valence-electron chi connectivity index (χ1n) is 2.90.